The van der Waals surface area contributed by atoms with Gasteiger partial charge in [-0.25, -0.2) is 0 Å². The minimum Gasteiger partial charge on any atom is -0.491 e. The predicted molar refractivity (Wildman–Crippen MR) is 104 cm³/mol. The quantitative estimate of drug-likeness (QED) is 0.627. The minimum absolute atomic E-state index is 0.122. The Kier molecular flexibility index (Phi) is 5.35. The molecule has 138 valence electrons. The first-order chi connectivity index (χ1) is 13.3. The lowest BCUT2D eigenvalue weighted by atomic mass is 10.1. The first-order valence-electron chi connectivity index (χ1n) is 9.20. The molecule has 1 aliphatic carbocycles. The lowest BCUT2D eigenvalue weighted by Crippen LogP contribution is -2.17. The van der Waals surface area contributed by atoms with E-state index in [1.807, 2.05) is 36.4 Å². The topological polar surface area (TPSA) is 40.6 Å². The van der Waals surface area contributed by atoms with Crippen molar-refractivity contribution >= 4 is 0 Å². The number of aromatic nitrogens is 1. The number of methoxy groups -OCH3 is 1. The van der Waals surface area contributed by atoms with Crippen LogP contribution in [0.5, 0.6) is 11.5 Å². The van der Waals surface area contributed by atoms with E-state index in [4.69, 9.17) is 14.2 Å². The number of fused-ring (bicyclic) bond motifs is 1. The van der Waals surface area contributed by atoms with Gasteiger partial charge in [-0.3, -0.25) is 4.98 Å². The van der Waals surface area contributed by atoms with Gasteiger partial charge < -0.3 is 14.2 Å². The Hall–Kier alpha value is -2.85. The molecule has 1 aliphatic rings. The van der Waals surface area contributed by atoms with Gasteiger partial charge in [0.2, 0.25) is 0 Å². The predicted octanol–water partition coefficient (Wildman–Crippen LogP) is 4.35. The Morgan fingerprint density at radius 3 is 2.30 bits per heavy atom. The molecule has 27 heavy (non-hydrogen) atoms. The Balaban J connectivity index is 1.40. The van der Waals surface area contributed by atoms with Crippen LogP contribution >= 0.6 is 0 Å². The van der Waals surface area contributed by atoms with E-state index in [9.17, 15) is 0 Å². The van der Waals surface area contributed by atoms with E-state index < -0.39 is 0 Å². The van der Waals surface area contributed by atoms with Gasteiger partial charge in [-0.2, -0.15) is 0 Å². The van der Waals surface area contributed by atoms with Crippen LogP contribution in [0.2, 0.25) is 0 Å². The van der Waals surface area contributed by atoms with Crippen molar-refractivity contribution in [2.24, 2.45) is 0 Å². The zero-order valence-electron chi connectivity index (χ0n) is 15.4. The maximum absolute atomic E-state index is 6.26. The molecule has 3 aromatic rings. The normalized spacial score (nSPS) is 13.4. The van der Waals surface area contributed by atoms with Gasteiger partial charge in [-0.05, 0) is 16.7 Å². The van der Waals surface area contributed by atoms with Crippen LogP contribution in [-0.4, -0.2) is 18.2 Å². The standard InChI is InChI=1S/C23H23NO3/c1-25-23-14-24-20(16-26-15-17-7-3-2-4-8-17)13-22(23)27-21-11-18-9-5-6-10-19(18)12-21/h2-10,13-14,21H,11-12,15-16H2,1H3. The largest absolute Gasteiger partial charge is 0.491 e. The van der Waals surface area contributed by atoms with E-state index in [0.29, 0.717) is 19.0 Å². The molecule has 0 saturated heterocycles. The van der Waals surface area contributed by atoms with Crippen LogP contribution in [0.15, 0.2) is 66.9 Å². The lowest BCUT2D eigenvalue weighted by molar-refractivity contribution is 0.104. The van der Waals surface area contributed by atoms with Gasteiger partial charge in [0.15, 0.2) is 11.5 Å². The average Bonchev–Trinajstić information content (AvgIpc) is 3.11. The Bertz CT molecular complexity index is 870. The minimum atomic E-state index is 0.122. The van der Waals surface area contributed by atoms with Crippen LogP contribution < -0.4 is 9.47 Å². The van der Waals surface area contributed by atoms with Crippen molar-refractivity contribution < 1.29 is 14.2 Å². The second-order valence-corrected chi connectivity index (χ2v) is 6.72. The van der Waals surface area contributed by atoms with Gasteiger partial charge in [0.25, 0.3) is 0 Å². The summed E-state index contributed by atoms with van der Waals surface area (Å²) in [6, 6.07) is 20.5. The molecule has 0 radical (unpaired) electrons. The van der Waals surface area contributed by atoms with Crippen LogP contribution in [0.4, 0.5) is 0 Å². The number of benzene rings is 2. The fraction of sp³-hybridized carbons (Fsp3) is 0.261. The van der Waals surface area contributed by atoms with Crippen molar-refractivity contribution in [3.8, 4) is 11.5 Å². The molecule has 0 unspecified atom stereocenters. The third kappa shape index (κ3) is 4.29. The van der Waals surface area contributed by atoms with Gasteiger partial charge in [0.05, 0.1) is 32.2 Å². The Morgan fingerprint density at radius 1 is 0.889 bits per heavy atom. The first kappa shape index (κ1) is 17.6. The molecule has 4 heteroatoms. The fourth-order valence-electron chi connectivity index (χ4n) is 3.42. The third-order valence-corrected chi connectivity index (χ3v) is 4.78. The number of rotatable bonds is 7. The molecule has 4 nitrogen and oxygen atoms in total. The molecule has 0 saturated carbocycles. The highest BCUT2D eigenvalue weighted by Crippen LogP contribution is 2.31. The van der Waals surface area contributed by atoms with E-state index in [-0.39, 0.29) is 6.10 Å². The van der Waals surface area contributed by atoms with E-state index in [1.54, 1.807) is 13.3 Å². The lowest BCUT2D eigenvalue weighted by Gasteiger charge is -2.16. The summed E-state index contributed by atoms with van der Waals surface area (Å²) in [5.74, 6) is 1.38. The second kappa shape index (κ2) is 8.23. The zero-order chi connectivity index (χ0) is 18.5. The summed E-state index contributed by atoms with van der Waals surface area (Å²) in [6.45, 7) is 0.989. The summed E-state index contributed by atoms with van der Waals surface area (Å²) >= 11 is 0. The highest BCUT2D eigenvalue weighted by Gasteiger charge is 2.23. The van der Waals surface area contributed by atoms with Crippen molar-refractivity contribution in [1.29, 1.82) is 0 Å². The van der Waals surface area contributed by atoms with Crippen molar-refractivity contribution in [2.45, 2.75) is 32.2 Å². The number of pyridine rings is 1. The van der Waals surface area contributed by atoms with Crippen LogP contribution in [0.25, 0.3) is 0 Å². The second-order valence-electron chi connectivity index (χ2n) is 6.72. The van der Waals surface area contributed by atoms with Crippen molar-refractivity contribution in [1.82, 2.24) is 4.98 Å². The SMILES string of the molecule is COc1cnc(COCc2ccccc2)cc1OC1Cc2ccccc2C1. The van der Waals surface area contributed by atoms with Crippen LogP contribution in [-0.2, 0) is 30.8 Å². The van der Waals surface area contributed by atoms with Gasteiger partial charge >= 0.3 is 0 Å². The highest BCUT2D eigenvalue weighted by molar-refractivity contribution is 5.40. The van der Waals surface area contributed by atoms with E-state index in [2.05, 4.69) is 29.2 Å². The summed E-state index contributed by atoms with van der Waals surface area (Å²) in [4.78, 5) is 4.43. The molecule has 1 aromatic heterocycles. The van der Waals surface area contributed by atoms with Crippen LogP contribution in [0.3, 0.4) is 0 Å². The molecule has 0 aliphatic heterocycles. The van der Waals surface area contributed by atoms with Crippen molar-refractivity contribution in [3.63, 3.8) is 0 Å². The molecule has 0 atom stereocenters. The van der Waals surface area contributed by atoms with Crippen LogP contribution in [0.1, 0.15) is 22.4 Å². The van der Waals surface area contributed by atoms with Gasteiger partial charge in [-0.15, -0.1) is 0 Å². The Labute approximate surface area is 159 Å². The molecule has 4 rings (SSSR count). The number of hydrogen-bond donors (Lipinski definition) is 0. The molecule has 2 aromatic carbocycles. The van der Waals surface area contributed by atoms with E-state index in [1.165, 1.54) is 11.1 Å². The monoisotopic (exact) mass is 361 g/mol. The summed E-state index contributed by atoms with van der Waals surface area (Å²) in [5, 5.41) is 0. The Morgan fingerprint density at radius 2 is 1.59 bits per heavy atom. The van der Waals surface area contributed by atoms with Crippen molar-refractivity contribution in [2.75, 3.05) is 7.11 Å². The summed E-state index contributed by atoms with van der Waals surface area (Å²) in [7, 11) is 1.64. The molecular weight excluding hydrogens is 338 g/mol. The van der Waals surface area contributed by atoms with Gasteiger partial charge in [0, 0.05) is 18.9 Å². The van der Waals surface area contributed by atoms with E-state index >= 15 is 0 Å². The maximum atomic E-state index is 6.26. The average molecular weight is 361 g/mol. The van der Waals surface area contributed by atoms with Crippen LogP contribution in [0, 0.1) is 0 Å². The third-order valence-electron chi connectivity index (χ3n) is 4.78. The fourth-order valence-corrected chi connectivity index (χ4v) is 3.42. The molecule has 0 N–H and O–H groups in total. The number of nitrogens with zero attached hydrogens (tertiary/aromatic N) is 1. The molecule has 1 heterocycles. The number of ether oxygens (including phenoxy) is 3. The summed E-state index contributed by atoms with van der Waals surface area (Å²) < 4.78 is 17.5. The van der Waals surface area contributed by atoms with Gasteiger partial charge in [0.1, 0.15) is 6.10 Å². The molecular formula is C23H23NO3. The summed E-state index contributed by atoms with van der Waals surface area (Å²) in [5.41, 5.74) is 4.70. The molecule has 0 spiro atoms. The highest BCUT2D eigenvalue weighted by atomic mass is 16.5. The van der Waals surface area contributed by atoms with Crippen molar-refractivity contribution in [3.05, 3.63) is 89.2 Å². The maximum Gasteiger partial charge on any atom is 0.179 e. The van der Waals surface area contributed by atoms with Gasteiger partial charge in [-0.1, -0.05) is 54.6 Å². The first-order valence-corrected chi connectivity index (χ1v) is 9.20. The molecule has 0 bridgehead atoms. The molecule has 0 fully saturated rings. The molecule has 0 amide bonds. The number of hydrogen-bond acceptors (Lipinski definition) is 4. The smallest absolute Gasteiger partial charge is 0.179 e. The zero-order valence-corrected chi connectivity index (χ0v) is 15.4. The summed E-state index contributed by atoms with van der Waals surface area (Å²) in [6.07, 6.45) is 3.67. The van der Waals surface area contributed by atoms with E-state index in [0.717, 1.165) is 29.8 Å².